The molecular weight excluding hydrogens is 421 g/mol. The highest BCUT2D eigenvalue weighted by molar-refractivity contribution is 5.93. The first kappa shape index (κ1) is 21.6. The molecule has 33 heavy (non-hydrogen) atoms. The van der Waals surface area contributed by atoms with Crippen molar-refractivity contribution in [3.05, 3.63) is 72.2 Å². The number of hydrogen-bond acceptors (Lipinski definition) is 5. The minimum atomic E-state index is -0.306. The number of aromatic nitrogens is 1. The van der Waals surface area contributed by atoms with Crippen molar-refractivity contribution in [1.29, 1.82) is 0 Å². The molecule has 6 nitrogen and oxygen atoms in total. The normalized spacial score (nSPS) is 18.4. The van der Waals surface area contributed by atoms with Crippen LogP contribution in [0.4, 0.5) is 4.39 Å². The molecule has 3 heterocycles. The Hall–Kier alpha value is -3.19. The van der Waals surface area contributed by atoms with Crippen LogP contribution in [0.2, 0.25) is 0 Å². The molecule has 1 amide bonds. The summed E-state index contributed by atoms with van der Waals surface area (Å²) in [4.78, 5) is 17.3. The summed E-state index contributed by atoms with van der Waals surface area (Å²) in [6.07, 6.45) is 3.69. The van der Waals surface area contributed by atoms with Gasteiger partial charge in [-0.1, -0.05) is 47.6 Å². The summed E-state index contributed by atoms with van der Waals surface area (Å²) in [6, 6.07) is 18.4. The molecule has 0 radical (unpaired) electrons. The third-order valence-corrected chi connectivity index (χ3v) is 6.66. The van der Waals surface area contributed by atoms with E-state index in [4.69, 9.17) is 9.26 Å². The average Bonchev–Trinajstić information content (AvgIpc) is 3.37. The van der Waals surface area contributed by atoms with Gasteiger partial charge >= 0.3 is 0 Å². The van der Waals surface area contributed by atoms with Crippen LogP contribution in [0.3, 0.4) is 0 Å². The first-order valence-corrected chi connectivity index (χ1v) is 11.6. The Bertz CT molecular complexity index is 1070. The van der Waals surface area contributed by atoms with E-state index in [1.165, 1.54) is 6.07 Å². The summed E-state index contributed by atoms with van der Waals surface area (Å²) in [7, 11) is 0. The molecule has 2 aliphatic rings. The molecule has 172 valence electrons. The lowest BCUT2D eigenvalue weighted by molar-refractivity contribution is 0.0412. The maximum atomic E-state index is 13.8. The van der Waals surface area contributed by atoms with Crippen LogP contribution in [-0.2, 0) is 0 Å². The fourth-order valence-electron chi connectivity index (χ4n) is 4.79. The van der Waals surface area contributed by atoms with Gasteiger partial charge in [0.2, 0.25) is 0 Å². The van der Waals surface area contributed by atoms with Crippen molar-refractivity contribution in [1.82, 2.24) is 15.0 Å². The van der Waals surface area contributed by atoms with E-state index >= 15 is 0 Å². The number of rotatable bonds is 5. The molecule has 0 spiro atoms. The number of carbonyl (C=O) groups excluding carboxylic acids is 1. The summed E-state index contributed by atoms with van der Waals surface area (Å²) in [5, 5.41) is 4.01. The second-order valence-electron chi connectivity index (χ2n) is 8.75. The predicted molar refractivity (Wildman–Crippen MR) is 122 cm³/mol. The number of para-hydroxylation sites is 1. The number of amides is 1. The van der Waals surface area contributed by atoms with Crippen molar-refractivity contribution in [2.24, 2.45) is 0 Å². The molecule has 0 unspecified atom stereocenters. The van der Waals surface area contributed by atoms with Gasteiger partial charge in [0.25, 0.3) is 5.91 Å². The van der Waals surface area contributed by atoms with Gasteiger partial charge in [-0.2, -0.15) is 0 Å². The third kappa shape index (κ3) is 4.93. The molecule has 3 aromatic rings. The minimum Gasteiger partial charge on any atom is -0.487 e. The Morgan fingerprint density at radius 1 is 0.939 bits per heavy atom. The number of likely N-dealkylation sites (tertiary alicyclic amines) is 2. The molecule has 2 saturated heterocycles. The van der Waals surface area contributed by atoms with Gasteiger partial charge in [-0.05, 0) is 37.8 Å². The monoisotopic (exact) mass is 449 g/mol. The second kappa shape index (κ2) is 9.75. The molecule has 7 heteroatoms. The fraction of sp³-hybridized carbons (Fsp3) is 0.385. The van der Waals surface area contributed by atoms with E-state index in [-0.39, 0.29) is 17.8 Å². The highest BCUT2D eigenvalue weighted by Crippen LogP contribution is 2.26. The van der Waals surface area contributed by atoms with Crippen LogP contribution in [-0.4, -0.2) is 59.2 Å². The maximum Gasteiger partial charge on any atom is 0.276 e. The Kier molecular flexibility index (Phi) is 6.39. The first-order chi connectivity index (χ1) is 16.2. The van der Waals surface area contributed by atoms with Gasteiger partial charge in [-0.3, -0.25) is 9.69 Å². The Labute approximate surface area is 192 Å². The predicted octanol–water partition coefficient (Wildman–Crippen LogP) is 4.63. The zero-order chi connectivity index (χ0) is 22.6. The molecule has 0 aliphatic carbocycles. The van der Waals surface area contributed by atoms with Crippen molar-refractivity contribution in [2.75, 3.05) is 26.2 Å². The summed E-state index contributed by atoms with van der Waals surface area (Å²) >= 11 is 0. The number of halogens is 1. The lowest BCUT2D eigenvalue weighted by atomic mass is 9.98. The van der Waals surface area contributed by atoms with Crippen LogP contribution in [0.1, 0.15) is 36.2 Å². The number of piperidine rings is 2. The van der Waals surface area contributed by atoms with Gasteiger partial charge in [0.05, 0.1) is 0 Å². The van der Waals surface area contributed by atoms with Gasteiger partial charge in [0.1, 0.15) is 6.10 Å². The molecule has 0 N–H and O–H groups in total. The van der Waals surface area contributed by atoms with E-state index < -0.39 is 0 Å². The van der Waals surface area contributed by atoms with Gasteiger partial charge in [0.15, 0.2) is 23.0 Å². The second-order valence-corrected chi connectivity index (χ2v) is 8.75. The zero-order valence-corrected chi connectivity index (χ0v) is 18.5. The van der Waals surface area contributed by atoms with Crippen LogP contribution in [0.15, 0.2) is 65.2 Å². The van der Waals surface area contributed by atoms with Gasteiger partial charge in [0, 0.05) is 43.9 Å². The van der Waals surface area contributed by atoms with Crippen molar-refractivity contribution < 1.29 is 18.4 Å². The average molecular weight is 450 g/mol. The number of benzene rings is 2. The Balaban J connectivity index is 1.10. The lowest BCUT2D eigenvalue weighted by Crippen LogP contribution is -2.50. The lowest BCUT2D eigenvalue weighted by Gasteiger charge is -2.41. The summed E-state index contributed by atoms with van der Waals surface area (Å²) in [6.45, 7) is 3.29. The third-order valence-electron chi connectivity index (χ3n) is 6.66. The van der Waals surface area contributed by atoms with Crippen LogP contribution in [0, 0.1) is 5.82 Å². The molecule has 2 aromatic carbocycles. The van der Waals surface area contributed by atoms with Gasteiger partial charge in [-0.15, -0.1) is 0 Å². The smallest absolute Gasteiger partial charge is 0.276 e. The molecule has 0 bridgehead atoms. The zero-order valence-electron chi connectivity index (χ0n) is 18.5. The Morgan fingerprint density at radius 2 is 1.64 bits per heavy atom. The van der Waals surface area contributed by atoms with Gasteiger partial charge < -0.3 is 14.2 Å². The van der Waals surface area contributed by atoms with Crippen molar-refractivity contribution in [2.45, 2.75) is 37.8 Å². The van der Waals surface area contributed by atoms with E-state index in [1.54, 1.807) is 24.3 Å². The summed E-state index contributed by atoms with van der Waals surface area (Å²) in [5.41, 5.74) is 1.27. The molecule has 0 saturated carbocycles. The van der Waals surface area contributed by atoms with Crippen LogP contribution >= 0.6 is 0 Å². The van der Waals surface area contributed by atoms with Crippen LogP contribution < -0.4 is 4.74 Å². The quantitative estimate of drug-likeness (QED) is 0.569. The Morgan fingerprint density at radius 3 is 2.36 bits per heavy atom. The number of nitrogens with zero attached hydrogens (tertiary/aromatic N) is 3. The van der Waals surface area contributed by atoms with Crippen molar-refractivity contribution in [3.8, 4) is 17.1 Å². The number of carbonyl (C=O) groups is 1. The maximum absolute atomic E-state index is 13.8. The van der Waals surface area contributed by atoms with E-state index in [0.29, 0.717) is 36.3 Å². The van der Waals surface area contributed by atoms with E-state index in [1.807, 2.05) is 35.2 Å². The standard InChI is InChI=1S/C26H28FN3O3/c27-22-8-4-5-9-24(22)32-21-12-16-29(17-13-21)20-10-14-30(15-11-20)26(31)23-18-25(33-28-23)19-6-2-1-3-7-19/h1-9,18,20-21H,10-17H2. The van der Waals surface area contributed by atoms with Crippen molar-refractivity contribution in [3.63, 3.8) is 0 Å². The molecule has 2 fully saturated rings. The summed E-state index contributed by atoms with van der Waals surface area (Å²) < 4.78 is 25.1. The molecule has 0 atom stereocenters. The summed E-state index contributed by atoms with van der Waals surface area (Å²) in [5.74, 6) is 0.566. The highest BCUT2D eigenvalue weighted by atomic mass is 19.1. The largest absolute Gasteiger partial charge is 0.487 e. The SMILES string of the molecule is O=C(c1cc(-c2ccccc2)on1)N1CCC(N2CCC(Oc3ccccc3F)CC2)CC1. The highest BCUT2D eigenvalue weighted by Gasteiger charge is 2.31. The van der Waals surface area contributed by atoms with E-state index in [9.17, 15) is 9.18 Å². The van der Waals surface area contributed by atoms with Gasteiger partial charge in [-0.25, -0.2) is 4.39 Å². The van der Waals surface area contributed by atoms with Crippen LogP contribution in [0.25, 0.3) is 11.3 Å². The van der Waals surface area contributed by atoms with Crippen LogP contribution in [0.5, 0.6) is 5.75 Å². The molecule has 2 aliphatic heterocycles. The minimum absolute atomic E-state index is 0.0470. The van der Waals surface area contributed by atoms with E-state index in [2.05, 4.69) is 10.1 Å². The topological polar surface area (TPSA) is 58.8 Å². The number of ether oxygens (including phenoxy) is 1. The molecule has 5 rings (SSSR count). The first-order valence-electron chi connectivity index (χ1n) is 11.6. The fourth-order valence-corrected chi connectivity index (χ4v) is 4.79. The van der Waals surface area contributed by atoms with E-state index in [0.717, 1.165) is 44.3 Å². The number of hydrogen-bond donors (Lipinski definition) is 0. The van der Waals surface area contributed by atoms with Crippen molar-refractivity contribution >= 4 is 5.91 Å². The molecule has 1 aromatic heterocycles. The molecular formula is C26H28FN3O3.